The third kappa shape index (κ3) is 4.77. The van der Waals surface area contributed by atoms with Gasteiger partial charge in [-0.25, -0.2) is 4.98 Å². The van der Waals surface area contributed by atoms with E-state index in [0.717, 1.165) is 0 Å². The normalized spacial score (nSPS) is 11.3. The van der Waals surface area contributed by atoms with Crippen LogP contribution in [-0.2, 0) is 0 Å². The summed E-state index contributed by atoms with van der Waals surface area (Å²) >= 11 is 0.634. The second kappa shape index (κ2) is 6.83. The van der Waals surface area contributed by atoms with Crippen molar-refractivity contribution in [3.05, 3.63) is 53.9 Å². The van der Waals surface area contributed by atoms with Gasteiger partial charge in [0.05, 0.1) is 11.4 Å². The number of anilines is 1. The summed E-state index contributed by atoms with van der Waals surface area (Å²) in [4.78, 5) is 16.6. The molecule has 2 aromatic rings. The molecule has 116 valence electrons. The molecular weight excluding hydrogens is 313 g/mol. The minimum atomic E-state index is -4.26. The average Bonchev–Trinajstić information content (AvgIpc) is 2.45. The van der Waals surface area contributed by atoms with E-state index in [-0.39, 0.29) is 5.69 Å². The van der Waals surface area contributed by atoms with E-state index in [1.165, 1.54) is 6.07 Å². The maximum Gasteiger partial charge on any atom is 0.398 e. The molecule has 2 rings (SSSR count). The molecule has 1 aromatic heterocycles. The highest BCUT2D eigenvalue weighted by Crippen LogP contribution is 2.32. The summed E-state index contributed by atoms with van der Waals surface area (Å²) in [6.45, 7) is 1.75. The number of amides is 1. The summed E-state index contributed by atoms with van der Waals surface area (Å²) in [6, 6.07) is 11.4. The number of benzene rings is 1. The Kier molecular flexibility index (Phi) is 5.07. The zero-order valence-corrected chi connectivity index (χ0v) is 12.5. The number of carbonyl (C=O) groups is 1. The van der Waals surface area contributed by atoms with Crippen LogP contribution in [0.1, 0.15) is 16.2 Å². The number of rotatable bonds is 4. The highest BCUT2D eigenvalue weighted by atomic mass is 32.2. The molecule has 0 aliphatic heterocycles. The second-order valence-electron chi connectivity index (χ2n) is 4.52. The second-order valence-corrected chi connectivity index (χ2v) is 5.54. The number of hydrogen-bond acceptors (Lipinski definition) is 3. The highest BCUT2D eigenvalue weighted by molar-refractivity contribution is 7.99. The van der Waals surface area contributed by atoms with Crippen LogP contribution in [0.15, 0.2) is 47.4 Å². The van der Waals surface area contributed by atoms with E-state index in [1.807, 2.05) is 0 Å². The Morgan fingerprint density at radius 1 is 1.18 bits per heavy atom. The number of nitrogens with one attached hydrogen (secondary N) is 1. The molecular formula is C15H13F3N2OS. The fraction of sp³-hybridized carbons (Fsp3) is 0.200. The van der Waals surface area contributed by atoms with Crippen molar-refractivity contribution in [1.29, 1.82) is 0 Å². The van der Waals surface area contributed by atoms with Gasteiger partial charge in [0.25, 0.3) is 5.91 Å². The molecule has 0 bridgehead atoms. The Labute approximate surface area is 129 Å². The lowest BCUT2D eigenvalue weighted by Crippen LogP contribution is -2.15. The fourth-order valence-electron chi connectivity index (χ4n) is 1.71. The molecule has 0 unspecified atom stereocenters. The standard InChI is InChI=1S/C15H13F3N2OS/c1-10-5-4-7-12(19-10)14(21)20-11-6-2-3-8-13(11)22-9-15(16,17)18/h2-8H,9H2,1H3,(H,20,21). The van der Waals surface area contributed by atoms with Crippen molar-refractivity contribution in [2.24, 2.45) is 0 Å². The Morgan fingerprint density at radius 2 is 1.91 bits per heavy atom. The van der Waals surface area contributed by atoms with E-state index in [9.17, 15) is 18.0 Å². The Hall–Kier alpha value is -2.02. The third-order valence-corrected chi connectivity index (χ3v) is 3.79. The molecule has 0 aliphatic rings. The van der Waals surface area contributed by atoms with E-state index in [1.54, 1.807) is 43.3 Å². The van der Waals surface area contributed by atoms with E-state index < -0.39 is 17.8 Å². The van der Waals surface area contributed by atoms with Gasteiger partial charge in [0.15, 0.2) is 0 Å². The molecule has 0 spiro atoms. The summed E-state index contributed by atoms with van der Waals surface area (Å²) in [5.41, 5.74) is 1.24. The van der Waals surface area contributed by atoms with Gasteiger partial charge >= 0.3 is 6.18 Å². The largest absolute Gasteiger partial charge is 0.398 e. The van der Waals surface area contributed by atoms with Gasteiger partial charge in [-0.1, -0.05) is 18.2 Å². The number of hydrogen-bond donors (Lipinski definition) is 1. The van der Waals surface area contributed by atoms with E-state index in [0.29, 0.717) is 28.0 Å². The van der Waals surface area contributed by atoms with Crippen LogP contribution in [0.2, 0.25) is 0 Å². The first-order chi connectivity index (χ1) is 10.3. The highest BCUT2D eigenvalue weighted by Gasteiger charge is 2.27. The van der Waals surface area contributed by atoms with Crippen LogP contribution in [0.5, 0.6) is 0 Å². The van der Waals surface area contributed by atoms with E-state index in [4.69, 9.17) is 0 Å². The monoisotopic (exact) mass is 326 g/mol. The smallest absolute Gasteiger partial charge is 0.320 e. The number of nitrogens with zero attached hydrogens (tertiary/aromatic N) is 1. The predicted molar refractivity (Wildman–Crippen MR) is 80.1 cm³/mol. The number of thioether (sulfide) groups is 1. The molecule has 0 aliphatic carbocycles. The van der Waals surface area contributed by atoms with Crippen LogP contribution < -0.4 is 5.32 Å². The minimum absolute atomic E-state index is 0.218. The van der Waals surface area contributed by atoms with Gasteiger partial charge in [0.1, 0.15) is 5.69 Å². The van der Waals surface area contributed by atoms with Crippen LogP contribution in [0.4, 0.5) is 18.9 Å². The lowest BCUT2D eigenvalue weighted by atomic mass is 10.2. The number of pyridine rings is 1. The van der Waals surface area contributed by atoms with Crippen LogP contribution in [0, 0.1) is 6.92 Å². The van der Waals surface area contributed by atoms with Gasteiger partial charge < -0.3 is 5.32 Å². The maximum absolute atomic E-state index is 12.3. The molecule has 0 fully saturated rings. The SMILES string of the molecule is Cc1cccc(C(=O)Nc2ccccc2SCC(F)(F)F)n1. The molecule has 3 nitrogen and oxygen atoms in total. The first kappa shape index (κ1) is 16.4. The Balaban J connectivity index is 2.14. The van der Waals surface area contributed by atoms with Gasteiger partial charge in [-0.2, -0.15) is 13.2 Å². The lowest BCUT2D eigenvalue weighted by molar-refractivity contribution is -0.105. The van der Waals surface area contributed by atoms with Crippen molar-refractivity contribution < 1.29 is 18.0 Å². The summed E-state index contributed by atoms with van der Waals surface area (Å²) in [5.74, 6) is -1.47. The Morgan fingerprint density at radius 3 is 2.59 bits per heavy atom. The number of halogens is 3. The summed E-state index contributed by atoms with van der Waals surface area (Å²) < 4.78 is 37.0. The Bertz CT molecular complexity index is 674. The molecule has 1 N–H and O–H groups in total. The van der Waals surface area contributed by atoms with Gasteiger partial charge in [-0.3, -0.25) is 4.79 Å². The van der Waals surface area contributed by atoms with Crippen molar-refractivity contribution in [1.82, 2.24) is 4.98 Å². The molecule has 0 saturated heterocycles. The minimum Gasteiger partial charge on any atom is -0.320 e. The van der Waals surface area contributed by atoms with Crippen LogP contribution >= 0.6 is 11.8 Å². The van der Waals surface area contributed by atoms with Crippen molar-refractivity contribution >= 4 is 23.4 Å². The van der Waals surface area contributed by atoms with E-state index in [2.05, 4.69) is 10.3 Å². The number of aryl methyl sites for hydroxylation is 1. The van der Waals surface area contributed by atoms with E-state index >= 15 is 0 Å². The first-order valence-corrected chi connectivity index (χ1v) is 7.37. The molecule has 0 saturated carbocycles. The number of alkyl halides is 3. The molecule has 1 amide bonds. The summed E-state index contributed by atoms with van der Waals surface area (Å²) in [7, 11) is 0. The molecule has 0 radical (unpaired) electrons. The summed E-state index contributed by atoms with van der Waals surface area (Å²) in [5, 5.41) is 2.60. The first-order valence-electron chi connectivity index (χ1n) is 6.39. The lowest BCUT2D eigenvalue weighted by Gasteiger charge is -2.11. The van der Waals surface area contributed by atoms with Crippen LogP contribution in [0.25, 0.3) is 0 Å². The van der Waals surface area contributed by atoms with Crippen molar-refractivity contribution in [3.8, 4) is 0 Å². The van der Waals surface area contributed by atoms with Gasteiger partial charge in [-0.15, -0.1) is 11.8 Å². The van der Waals surface area contributed by atoms with Crippen molar-refractivity contribution in [2.75, 3.05) is 11.1 Å². The zero-order valence-electron chi connectivity index (χ0n) is 11.6. The zero-order chi connectivity index (χ0) is 16.2. The third-order valence-electron chi connectivity index (χ3n) is 2.65. The van der Waals surface area contributed by atoms with Gasteiger partial charge in [0.2, 0.25) is 0 Å². The predicted octanol–water partition coefficient (Wildman–Crippen LogP) is 4.30. The quantitative estimate of drug-likeness (QED) is 0.852. The topological polar surface area (TPSA) is 42.0 Å². The van der Waals surface area contributed by atoms with Crippen molar-refractivity contribution in [3.63, 3.8) is 0 Å². The molecule has 22 heavy (non-hydrogen) atoms. The maximum atomic E-state index is 12.3. The molecule has 1 heterocycles. The average molecular weight is 326 g/mol. The van der Waals surface area contributed by atoms with Crippen LogP contribution in [-0.4, -0.2) is 22.8 Å². The number of aromatic nitrogens is 1. The van der Waals surface area contributed by atoms with Crippen molar-refractivity contribution in [2.45, 2.75) is 18.0 Å². The molecule has 1 aromatic carbocycles. The molecule has 0 atom stereocenters. The van der Waals surface area contributed by atoms with Gasteiger partial charge in [-0.05, 0) is 31.2 Å². The number of carbonyl (C=O) groups excluding carboxylic acids is 1. The van der Waals surface area contributed by atoms with Crippen LogP contribution in [0.3, 0.4) is 0 Å². The summed E-state index contributed by atoms with van der Waals surface area (Å²) in [6.07, 6.45) is -4.26. The number of para-hydroxylation sites is 1. The fourth-order valence-corrected chi connectivity index (χ4v) is 2.48. The van der Waals surface area contributed by atoms with Gasteiger partial charge in [0, 0.05) is 10.6 Å². The molecule has 7 heteroatoms.